The molecule has 1 amide bonds. The highest BCUT2D eigenvalue weighted by molar-refractivity contribution is 5.93. The first kappa shape index (κ1) is 16.9. The third-order valence-electron chi connectivity index (χ3n) is 3.58. The molecule has 0 unspecified atom stereocenters. The highest BCUT2D eigenvalue weighted by Crippen LogP contribution is 2.22. The number of hydrogen-bond acceptors (Lipinski definition) is 3. The number of rotatable bonds is 7. The average molecular weight is 312 g/mol. The predicted molar refractivity (Wildman–Crippen MR) is 94.8 cm³/mol. The SMILES string of the molecule is CCCCOc1ccc(NC(=O)Cc2ccc(N)cc2)c(C)c1. The summed E-state index contributed by atoms with van der Waals surface area (Å²) in [5.41, 5.74) is 9.09. The second-order valence-corrected chi connectivity index (χ2v) is 5.65. The summed E-state index contributed by atoms with van der Waals surface area (Å²) in [5, 5.41) is 2.94. The molecule has 4 nitrogen and oxygen atoms in total. The van der Waals surface area contributed by atoms with Crippen LogP contribution in [0.4, 0.5) is 11.4 Å². The number of aryl methyl sites for hydroxylation is 1. The van der Waals surface area contributed by atoms with E-state index < -0.39 is 0 Å². The quantitative estimate of drug-likeness (QED) is 0.601. The van der Waals surface area contributed by atoms with E-state index in [1.54, 1.807) is 12.1 Å². The molecule has 0 aliphatic heterocycles. The van der Waals surface area contributed by atoms with Crippen LogP contribution in [0.25, 0.3) is 0 Å². The molecule has 122 valence electrons. The van der Waals surface area contributed by atoms with Crippen LogP contribution >= 0.6 is 0 Å². The number of anilines is 2. The van der Waals surface area contributed by atoms with E-state index in [-0.39, 0.29) is 5.91 Å². The molecular weight excluding hydrogens is 288 g/mol. The highest BCUT2D eigenvalue weighted by atomic mass is 16.5. The molecule has 0 radical (unpaired) electrons. The van der Waals surface area contributed by atoms with Crippen molar-refractivity contribution in [1.29, 1.82) is 0 Å². The second kappa shape index (κ2) is 8.22. The Hall–Kier alpha value is -2.49. The Bertz CT molecular complexity index is 651. The van der Waals surface area contributed by atoms with Crippen LogP contribution in [0.5, 0.6) is 5.75 Å². The molecule has 2 aromatic rings. The minimum Gasteiger partial charge on any atom is -0.494 e. The smallest absolute Gasteiger partial charge is 0.228 e. The van der Waals surface area contributed by atoms with E-state index in [0.29, 0.717) is 12.1 Å². The van der Waals surface area contributed by atoms with Gasteiger partial charge in [-0.3, -0.25) is 4.79 Å². The maximum Gasteiger partial charge on any atom is 0.228 e. The first-order valence-corrected chi connectivity index (χ1v) is 7.96. The van der Waals surface area contributed by atoms with Crippen molar-refractivity contribution in [3.63, 3.8) is 0 Å². The van der Waals surface area contributed by atoms with E-state index in [2.05, 4.69) is 12.2 Å². The van der Waals surface area contributed by atoms with Gasteiger partial charge in [-0.1, -0.05) is 25.5 Å². The van der Waals surface area contributed by atoms with Gasteiger partial charge in [-0.25, -0.2) is 0 Å². The van der Waals surface area contributed by atoms with Gasteiger partial charge in [-0.2, -0.15) is 0 Å². The van der Waals surface area contributed by atoms with Crippen molar-refractivity contribution < 1.29 is 9.53 Å². The van der Waals surface area contributed by atoms with Crippen molar-refractivity contribution in [2.24, 2.45) is 0 Å². The Labute approximate surface area is 137 Å². The zero-order chi connectivity index (χ0) is 16.7. The number of carbonyl (C=O) groups excluding carboxylic acids is 1. The summed E-state index contributed by atoms with van der Waals surface area (Å²) in [7, 11) is 0. The van der Waals surface area contributed by atoms with Gasteiger partial charge in [0.2, 0.25) is 5.91 Å². The molecule has 0 aliphatic rings. The number of hydrogen-bond donors (Lipinski definition) is 2. The molecule has 0 aliphatic carbocycles. The van der Waals surface area contributed by atoms with Gasteiger partial charge in [-0.05, 0) is 54.8 Å². The van der Waals surface area contributed by atoms with Gasteiger partial charge in [0.15, 0.2) is 0 Å². The molecule has 0 spiro atoms. The number of benzene rings is 2. The maximum atomic E-state index is 12.1. The summed E-state index contributed by atoms with van der Waals surface area (Å²) in [6, 6.07) is 13.1. The lowest BCUT2D eigenvalue weighted by atomic mass is 10.1. The summed E-state index contributed by atoms with van der Waals surface area (Å²) in [4.78, 5) is 12.1. The van der Waals surface area contributed by atoms with Gasteiger partial charge in [-0.15, -0.1) is 0 Å². The Morgan fingerprint density at radius 3 is 2.57 bits per heavy atom. The largest absolute Gasteiger partial charge is 0.494 e. The summed E-state index contributed by atoms with van der Waals surface area (Å²) >= 11 is 0. The van der Waals surface area contributed by atoms with Crippen LogP contribution in [-0.4, -0.2) is 12.5 Å². The topological polar surface area (TPSA) is 64.3 Å². The minimum absolute atomic E-state index is 0.0440. The van der Waals surface area contributed by atoms with Gasteiger partial charge >= 0.3 is 0 Å². The molecule has 23 heavy (non-hydrogen) atoms. The summed E-state index contributed by atoms with van der Waals surface area (Å²) < 4.78 is 5.67. The van der Waals surface area contributed by atoms with Crippen LogP contribution in [-0.2, 0) is 11.2 Å². The molecule has 0 saturated heterocycles. The molecule has 0 bridgehead atoms. The fourth-order valence-corrected chi connectivity index (χ4v) is 2.22. The second-order valence-electron chi connectivity index (χ2n) is 5.65. The summed E-state index contributed by atoms with van der Waals surface area (Å²) in [6.45, 7) is 4.82. The first-order chi connectivity index (χ1) is 11.1. The average Bonchev–Trinajstić information content (AvgIpc) is 2.52. The van der Waals surface area contributed by atoms with Crippen molar-refractivity contribution in [3.05, 3.63) is 53.6 Å². The number of nitrogen functional groups attached to an aromatic ring is 1. The number of unbranched alkanes of at least 4 members (excludes halogenated alkanes) is 1. The first-order valence-electron chi connectivity index (χ1n) is 7.96. The normalized spacial score (nSPS) is 10.3. The number of amides is 1. The van der Waals surface area contributed by atoms with Crippen molar-refractivity contribution in [2.75, 3.05) is 17.7 Å². The summed E-state index contributed by atoms with van der Waals surface area (Å²) in [5.74, 6) is 0.796. The van der Waals surface area contributed by atoms with Gasteiger partial charge in [0, 0.05) is 11.4 Å². The van der Waals surface area contributed by atoms with E-state index in [1.807, 2.05) is 37.3 Å². The van der Waals surface area contributed by atoms with Gasteiger partial charge in [0.1, 0.15) is 5.75 Å². The van der Waals surface area contributed by atoms with Crippen LogP contribution in [0.15, 0.2) is 42.5 Å². The number of carbonyl (C=O) groups is 1. The van der Waals surface area contributed by atoms with Crippen LogP contribution in [0, 0.1) is 6.92 Å². The van der Waals surface area contributed by atoms with Crippen molar-refractivity contribution >= 4 is 17.3 Å². The van der Waals surface area contributed by atoms with Crippen molar-refractivity contribution in [3.8, 4) is 5.75 Å². The van der Waals surface area contributed by atoms with E-state index in [0.717, 1.165) is 42.0 Å². The molecule has 2 rings (SSSR count). The zero-order valence-electron chi connectivity index (χ0n) is 13.8. The van der Waals surface area contributed by atoms with Crippen LogP contribution in [0.2, 0.25) is 0 Å². The van der Waals surface area contributed by atoms with Crippen LogP contribution in [0.1, 0.15) is 30.9 Å². The molecule has 3 N–H and O–H groups in total. The predicted octanol–water partition coefficient (Wildman–Crippen LogP) is 3.94. The number of ether oxygens (including phenoxy) is 1. The summed E-state index contributed by atoms with van der Waals surface area (Å²) in [6.07, 6.45) is 2.48. The Kier molecular flexibility index (Phi) is 6.03. The molecular formula is C19H24N2O2. The van der Waals surface area contributed by atoms with E-state index in [9.17, 15) is 4.79 Å². The lowest BCUT2D eigenvalue weighted by Crippen LogP contribution is -2.15. The Morgan fingerprint density at radius 2 is 1.91 bits per heavy atom. The molecule has 2 aromatic carbocycles. The van der Waals surface area contributed by atoms with E-state index >= 15 is 0 Å². The van der Waals surface area contributed by atoms with Gasteiger partial charge < -0.3 is 15.8 Å². The third kappa shape index (κ3) is 5.33. The Balaban J connectivity index is 1.93. The molecule has 4 heteroatoms. The third-order valence-corrected chi connectivity index (χ3v) is 3.58. The zero-order valence-corrected chi connectivity index (χ0v) is 13.8. The van der Waals surface area contributed by atoms with E-state index in [1.165, 1.54) is 0 Å². The fourth-order valence-electron chi connectivity index (χ4n) is 2.22. The van der Waals surface area contributed by atoms with Crippen LogP contribution in [0.3, 0.4) is 0 Å². The van der Waals surface area contributed by atoms with Crippen molar-refractivity contribution in [1.82, 2.24) is 0 Å². The van der Waals surface area contributed by atoms with Gasteiger partial charge in [0.25, 0.3) is 0 Å². The monoisotopic (exact) mass is 312 g/mol. The lowest BCUT2D eigenvalue weighted by molar-refractivity contribution is -0.115. The highest BCUT2D eigenvalue weighted by Gasteiger charge is 2.07. The minimum atomic E-state index is -0.0440. The fraction of sp³-hybridized carbons (Fsp3) is 0.316. The lowest BCUT2D eigenvalue weighted by Gasteiger charge is -2.11. The number of nitrogens with two attached hydrogens (primary N) is 1. The molecule has 0 heterocycles. The molecule has 0 aromatic heterocycles. The molecule has 0 saturated carbocycles. The molecule has 0 fully saturated rings. The van der Waals surface area contributed by atoms with E-state index in [4.69, 9.17) is 10.5 Å². The Morgan fingerprint density at radius 1 is 1.17 bits per heavy atom. The standard InChI is InChI=1S/C19H24N2O2/c1-3-4-11-23-17-9-10-18(14(2)12-17)21-19(22)13-15-5-7-16(20)8-6-15/h5-10,12H,3-4,11,13,20H2,1-2H3,(H,21,22). The van der Waals surface area contributed by atoms with Crippen molar-refractivity contribution in [2.45, 2.75) is 33.1 Å². The maximum absolute atomic E-state index is 12.1. The number of nitrogens with one attached hydrogen (secondary N) is 1. The molecule has 0 atom stereocenters. The van der Waals surface area contributed by atoms with Gasteiger partial charge in [0.05, 0.1) is 13.0 Å². The van der Waals surface area contributed by atoms with Crippen LogP contribution < -0.4 is 15.8 Å².